The summed E-state index contributed by atoms with van der Waals surface area (Å²) in [6.07, 6.45) is 7.60. The number of carbonyl (C=O) groups is 2. The summed E-state index contributed by atoms with van der Waals surface area (Å²) in [5, 5.41) is 12.2. The molecular weight excluding hydrogens is 256 g/mol. The van der Waals surface area contributed by atoms with Crippen LogP contribution in [0.2, 0.25) is 0 Å². The smallest absolute Gasteiger partial charge is 0.306 e. The fourth-order valence-corrected chi connectivity index (χ4v) is 3.77. The predicted octanol–water partition coefficient (Wildman–Crippen LogP) is 1.51. The fourth-order valence-electron chi connectivity index (χ4n) is 3.77. The predicted molar refractivity (Wildman–Crippen MR) is 76.0 cm³/mol. The summed E-state index contributed by atoms with van der Waals surface area (Å²) in [5.41, 5.74) is 5.44. The second-order valence-electron chi connectivity index (χ2n) is 6.39. The molecule has 0 saturated heterocycles. The molecule has 4 N–H and O–H groups in total. The number of aliphatic carboxylic acids is 1. The molecule has 2 unspecified atom stereocenters. The number of carboxylic acids is 1. The molecule has 5 heteroatoms. The van der Waals surface area contributed by atoms with Gasteiger partial charge in [-0.25, -0.2) is 0 Å². The third kappa shape index (κ3) is 3.14. The molecule has 2 atom stereocenters. The topological polar surface area (TPSA) is 92.4 Å². The van der Waals surface area contributed by atoms with Crippen molar-refractivity contribution in [1.82, 2.24) is 5.32 Å². The van der Waals surface area contributed by atoms with E-state index in [4.69, 9.17) is 10.8 Å². The van der Waals surface area contributed by atoms with Crippen molar-refractivity contribution in [3.63, 3.8) is 0 Å². The second-order valence-corrected chi connectivity index (χ2v) is 6.39. The molecule has 2 aliphatic rings. The Morgan fingerprint density at radius 2 is 1.85 bits per heavy atom. The molecule has 2 fully saturated rings. The number of nitrogens with one attached hydrogen (secondary N) is 1. The van der Waals surface area contributed by atoms with Gasteiger partial charge >= 0.3 is 5.97 Å². The SMILES string of the molecule is NCC1(C(=O)NCC2CCCC2C(=O)O)CCCCC1. The lowest BCUT2D eigenvalue weighted by Gasteiger charge is -2.35. The van der Waals surface area contributed by atoms with Gasteiger partial charge in [0.2, 0.25) is 5.91 Å². The molecule has 0 aromatic carbocycles. The zero-order valence-corrected chi connectivity index (χ0v) is 12.1. The van der Waals surface area contributed by atoms with Crippen LogP contribution in [0.3, 0.4) is 0 Å². The van der Waals surface area contributed by atoms with Crippen LogP contribution < -0.4 is 11.1 Å². The van der Waals surface area contributed by atoms with Gasteiger partial charge in [0.05, 0.1) is 11.3 Å². The summed E-state index contributed by atoms with van der Waals surface area (Å²) in [6.45, 7) is 0.878. The van der Waals surface area contributed by atoms with Crippen LogP contribution in [0, 0.1) is 17.3 Å². The maximum absolute atomic E-state index is 12.4. The quantitative estimate of drug-likeness (QED) is 0.712. The lowest BCUT2D eigenvalue weighted by Crippen LogP contribution is -2.48. The van der Waals surface area contributed by atoms with Crippen LogP contribution in [0.1, 0.15) is 51.4 Å². The van der Waals surface area contributed by atoms with Crippen molar-refractivity contribution in [2.45, 2.75) is 51.4 Å². The van der Waals surface area contributed by atoms with Crippen LogP contribution in [-0.2, 0) is 9.59 Å². The van der Waals surface area contributed by atoms with Gasteiger partial charge in [0, 0.05) is 13.1 Å². The van der Waals surface area contributed by atoms with E-state index >= 15 is 0 Å². The molecule has 20 heavy (non-hydrogen) atoms. The molecule has 0 radical (unpaired) electrons. The standard InChI is InChI=1S/C15H26N2O3/c16-10-15(7-2-1-3-8-15)14(20)17-9-11-5-4-6-12(11)13(18)19/h11-12H,1-10,16H2,(H,17,20)(H,18,19). The first-order chi connectivity index (χ1) is 9.59. The summed E-state index contributed by atoms with van der Waals surface area (Å²) in [4.78, 5) is 23.6. The van der Waals surface area contributed by atoms with Gasteiger partial charge in [-0.1, -0.05) is 25.7 Å². The third-order valence-corrected chi connectivity index (χ3v) is 5.18. The van der Waals surface area contributed by atoms with E-state index in [1.807, 2.05) is 0 Å². The second kappa shape index (κ2) is 6.57. The maximum atomic E-state index is 12.4. The number of hydrogen-bond acceptors (Lipinski definition) is 3. The first-order valence-electron chi connectivity index (χ1n) is 7.80. The molecule has 114 valence electrons. The Morgan fingerprint density at radius 3 is 2.45 bits per heavy atom. The van der Waals surface area contributed by atoms with Gasteiger partial charge in [0.1, 0.15) is 0 Å². The number of amides is 1. The van der Waals surface area contributed by atoms with Gasteiger partial charge in [-0.3, -0.25) is 9.59 Å². The fraction of sp³-hybridized carbons (Fsp3) is 0.867. The molecule has 0 heterocycles. The van der Waals surface area contributed by atoms with Crippen molar-refractivity contribution >= 4 is 11.9 Å². The zero-order valence-electron chi connectivity index (χ0n) is 12.1. The van der Waals surface area contributed by atoms with Crippen LogP contribution in [0.5, 0.6) is 0 Å². The van der Waals surface area contributed by atoms with Crippen molar-refractivity contribution in [1.29, 1.82) is 0 Å². The van der Waals surface area contributed by atoms with Gasteiger partial charge in [-0.15, -0.1) is 0 Å². The monoisotopic (exact) mass is 282 g/mol. The van der Waals surface area contributed by atoms with Crippen molar-refractivity contribution in [3.05, 3.63) is 0 Å². The molecule has 2 rings (SSSR count). The third-order valence-electron chi connectivity index (χ3n) is 5.18. The van der Waals surface area contributed by atoms with Gasteiger partial charge in [0.25, 0.3) is 0 Å². The van der Waals surface area contributed by atoms with E-state index in [9.17, 15) is 9.59 Å². The maximum Gasteiger partial charge on any atom is 0.306 e. The number of hydrogen-bond donors (Lipinski definition) is 3. The van der Waals surface area contributed by atoms with Crippen LogP contribution in [-0.4, -0.2) is 30.1 Å². The van der Waals surface area contributed by atoms with Crippen LogP contribution >= 0.6 is 0 Å². The van der Waals surface area contributed by atoms with E-state index in [-0.39, 0.29) is 17.7 Å². The summed E-state index contributed by atoms with van der Waals surface area (Å²) >= 11 is 0. The first-order valence-corrected chi connectivity index (χ1v) is 7.80. The normalized spacial score (nSPS) is 29.1. The Kier molecular flexibility index (Phi) is 5.02. The zero-order chi connectivity index (χ0) is 14.6. The van der Waals surface area contributed by atoms with E-state index in [0.717, 1.165) is 44.9 Å². The van der Waals surface area contributed by atoms with Gasteiger partial charge < -0.3 is 16.2 Å². The van der Waals surface area contributed by atoms with Crippen LogP contribution in [0.25, 0.3) is 0 Å². The van der Waals surface area contributed by atoms with Crippen LogP contribution in [0.15, 0.2) is 0 Å². The summed E-state index contributed by atoms with van der Waals surface area (Å²) in [5.74, 6) is -0.908. The Hall–Kier alpha value is -1.10. The van der Waals surface area contributed by atoms with E-state index in [1.54, 1.807) is 0 Å². The molecule has 5 nitrogen and oxygen atoms in total. The number of carboxylic acid groups (broad SMARTS) is 1. The Bertz CT molecular complexity index is 364. The van der Waals surface area contributed by atoms with Crippen molar-refractivity contribution in [3.8, 4) is 0 Å². The van der Waals surface area contributed by atoms with Crippen molar-refractivity contribution in [2.24, 2.45) is 23.0 Å². The lowest BCUT2D eigenvalue weighted by atomic mass is 9.73. The Morgan fingerprint density at radius 1 is 1.15 bits per heavy atom. The Labute approximate surface area is 120 Å². The van der Waals surface area contributed by atoms with Gasteiger partial charge in [0.15, 0.2) is 0 Å². The molecule has 0 spiro atoms. The largest absolute Gasteiger partial charge is 0.481 e. The highest BCUT2D eigenvalue weighted by atomic mass is 16.4. The first kappa shape index (κ1) is 15.3. The summed E-state index contributed by atoms with van der Waals surface area (Å²) in [6, 6.07) is 0. The van der Waals surface area contributed by atoms with Gasteiger partial charge in [-0.2, -0.15) is 0 Å². The molecule has 2 aliphatic carbocycles. The molecule has 1 amide bonds. The highest BCUT2D eigenvalue weighted by Gasteiger charge is 2.39. The molecule has 0 aromatic heterocycles. The number of carbonyl (C=O) groups excluding carboxylic acids is 1. The van der Waals surface area contributed by atoms with Gasteiger partial charge in [-0.05, 0) is 31.6 Å². The van der Waals surface area contributed by atoms with E-state index in [1.165, 1.54) is 6.42 Å². The van der Waals surface area contributed by atoms with Crippen molar-refractivity contribution in [2.75, 3.05) is 13.1 Å². The highest BCUT2D eigenvalue weighted by Crippen LogP contribution is 2.36. The molecular formula is C15H26N2O3. The average molecular weight is 282 g/mol. The highest BCUT2D eigenvalue weighted by molar-refractivity contribution is 5.83. The minimum absolute atomic E-state index is 0.0377. The average Bonchev–Trinajstić information content (AvgIpc) is 2.94. The van der Waals surface area contributed by atoms with E-state index in [0.29, 0.717) is 13.1 Å². The van der Waals surface area contributed by atoms with E-state index < -0.39 is 11.4 Å². The molecule has 0 bridgehead atoms. The summed E-state index contributed by atoms with van der Waals surface area (Å²) < 4.78 is 0. The minimum atomic E-state index is -0.729. The molecule has 0 aromatic rings. The molecule has 0 aliphatic heterocycles. The van der Waals surface area contributed by atoms with E-state index in [2.05, 4.69) is 5.32 Å². The lowest BCUT2D eigenvalue weighted by molar-refractivity contribution is -0.143. The Balaban J connectivity index is 1.89. The van der Waals surface area contributed by atoms with Crippen LogP contribution in [0.4, 0.5) is 0 Å². The summed E-state index contributed by atoms with van der Waals surface area (Å²) in [7, 11) is 0. The number of rotatable bonds is 5. The van der Waals surface area contributed by atoms with Crippen molar-refractivity contribution < 1.29 is 14.7 Å². The number of nitrogens with two attached hydrogens (primary N) is 1. The minimum Gasteiger partial charge on any atom is -0.481 e. The molecule has 2 saturated carbocycles.